The SMILES string of the molecule is COc1ccc(C)cc1N1C(=O)CN(S(C)(=O)=O)CC1(C)C(=O)NCc1ccc(C)cc1. The summed E-state index contributed by atoms with van der Waals surface area (Å²) in [6, 6.07) is 13.0. The molecule has 3 rings (SSSR count). The molecule has 1 saturated heterocycles. The molecule has 2 aromatic rings. The van der Waals surface area contributed by atoms with Gasteiger partial charge in [0.1, 0.15) is 11.3 Å². The summed E-state index contributed by atoms with van der Waals surface area (Å²) >= 11 is 0. The molecule has 1 aliphatic rings. The molecule has 1 fully saturated rings. The van der Waals surface area contributed by atoms with Crippen LogP contribution < -0.4 is 15.0 Å². The number of amides is 2. The highest BCUT2D eigenvalue weighted by Crippen LogP contribution is 2.37. The van der Waals surface area contributed by atoms with E-state index in [1.54, 1.807) is 19.1 Å². The van der Waals surface area contributed by atoms with Gasteiger partial charge < -0.3 is 10.1 Å². The van der Waals surface area contributed by atoms with Gasteiger partial charge in [-0.3, -0.25) is 14.5 Å². The molecule has 0 saturated carbocycles. The van der Waals surface area contributed by atoms with Crippen molar-refractivity contribution >= 4 is 27.5 Å². The number of ether oxygens (including phenoxy) is 1. The van der Waals surface area contributed by atoms with Crippen LogP contribution in [0.5, 0.6) is 5.75 Å². The molecule has 0 radical (unpaired) electrons. The third-order valence-electron chi connectivity index (χ3n) is 5.65. The van der Waals surface area contributed by atoms with E-state index in [1.165, 1.54) is 12.0 Å². The normalized spacial score (nSPS) is 19.7. The average molecular weight is 460 g/mol. The van der Waals surface area contributed by atoms with Crippen molar-refractivity contribution in [2.24, 2.45) is 0 Å². The number of methoxy groups -OCH3 is 1. The zero-order valence-electron chi connectivity index (χ0n) is 19.0. The van der Waals surface area contributed by atoms with E-state index in [2.05, 4.69) is 5.32 Å². The predicted octanol–water partition coefficient (Wildman–Crippen LogP) is 2.00. The van der Waals surface area contributed by atoms with Crippen molar-refractivity contribution < 1.29 is 22.7 Å². The number of rotatable bonds is 6. The van der Waals surface area contributed by atoms with Gasteiger partial charge in [-0.1, -0.05) is 35.9 Å². The summed E-state index contributed by atoms with van der Waals surface area (Å²) in [4.78, 5) is 28.1. The van der Waals surface area contributed by atoms with Crippen LogP contribution in [-0.2, 0) is 26.2 Å². The number of carbonyl (C=O) groups is 2. The number of aryl methyl sites for hydroxylation is 2. The van der Waals surface area contributed by atoms with Crippen LogP contribution in [0.15, 0.2) is 42.5 Å². The fourth-order valence-corrected chi connectivity index (χ4v) is 4.66. The lowest BCUT2D eigenvalue weighted by molar-refractivity contribution is -0.133. The highest BCUT2D eigenvalue weighted by Gasteiger charge is 2.51. The van der Waals surface area contributed by atoms with E-state index in [0.717, 1.165) is 27.3 Å². The Hall–Kier alpha value is -2.91. The van der Waals surface area contributed by atoms with Crippen LogP contribution in [0.25, 0.3) is 0 Å². The van der Waals surface area contributed by atoms with E-state index in [9.17, 15) is 18.0 Å². The number of hydrogen-bond acceptors (Lipinski definition) is 5. The minimum Gasteiger partial charge on any atom is -0.495 e. The van der Waals surface area contributed by atoms with Crippen molar-refractivity contribution in [3.63, 3.8) is 0 Å². The Morgan fingerprint density at radius 1 is 1.12 bits per heavy atom. The molecular formula is C23H29N3O5S. The van der Waals surface area contributed by atoms with Gasteiger partial charge in [0, 0.05) is 13.1 Å². The topological polar surface area (TPSA) is 96.0 Å². The first-order valence-electron chi connectivity index (χ1n) is 10.2. The van der Waals surface area contributed by atoms with Crippen LogP contribution in [0, 0.1) is 13.8 Å². The highest BCUT2D eigenvalue weighted by atomic mass is 32.2. The lowest BCUT2D eigenvalue weighted by Crippen LogP contribution is -2.70. The van der Waals surface area contributed by atoms with Gasteiger partial charge >= 0.3 is 0 Å². The minimum atomic E-state index is -3.69. The smallest absolute Gasteiger partial charge is 0.247 e. The molecular weight excluding hydrogens is 430 g/mol. The summed E-state index contributed by atoms with van der Waals surface area (Å²) in [5.41, 5.74) is 1.82. The Morgan fingerprint density at radius 3 is 2.34 bits per heavy atom. The second-order valence-corrected chi connectivity index (χ2v) is 10.4. The molecule has 0 aliphatic carbocycles. The second kappa shape index (κ2) is 8.91. The van der Waals surface area contributed by atoms with Crippen molar-refractivity contribution in [2.45, 2.75) is 32.9 Å². The van der Waals surface area contributed by atoms with Gasteiger partial charge in [-0.25, -0.2) is 8.42 Å². The van der Waals surface area contributed by atoms with E-state index in [4.69, 9.17) is 4.74 Å². The first kappa shape index (κ1) is 23.7. The molecule has 172 valence electrons. The summed E-state index contributed by atoms with van der Waals surface area (Å²) in [5, 5.41) is 2.88. The van der Waals surface area contributed by atoms with Crippen molar-refractivity contribution in [1.29, 1.82) is 0 Å². The second-order valence-electron chi connectivity index (χ2n) is 8.38. The van der Waals surface area contributed by atoms with Gasteiger partial charge in [0.05, 0.1) is 25.6 Å². The third-order valence-corrected chi connectivity index (χ3v) is 6.84. The largest absolute Gasteiger partial charge is 0.495 e. The van der Waals surface area contributed by atoms with Crippen LogP contribution in [0.4, 0.5) is 5.69 Å². The standard InChI is InChI=1S/C23H29N3O5S/c1-16-6-9-18(10-7-16)13-24-22(28)23(3)15-25(32(5,29)30)14-21(27)26(23)19-12-17(2)8-11-20(19)31-4/h6-12H,13-15H2,1-5H3,(H,24,28). The van der Waals surface area contributed by atoms with E-state index in [-0.39, 0.29) is 19.6 Å². The Balaban J connectivity index is 2.02. The number of hydrogen-bond donors (Lipinski definition) is 1. The summed E-state index contributed by atoms with van der Waals surface area (Å²) in [6.07, 6.45) is 1.04. The van der Waals surface area contributed by atoms with Crippen molar-refractivity contribution in [3.05, 3.63) is 59.2 Å². The summed E-state index contributed by atoms with van der Waals surface area (Å²) in [6.45, 7) is 5.15. The number of anilines is 1. The molecule has 2 amide bonds. The van der Waals surface area contributed by atoms with Crippen LogP contribution in [0.2, 0.25) is 0 Å². The maximum atomic E-state index is 13.5. The fourth-order valence-electron chi connectivity index (χ4n) is 3.83. The Kier molecular flexibility index (Phi) is 6.61. The molecule has 32 heavy (non-hydrogen) atoms. The molecule has 8 nitrogen and oxygen atoms in total. The molecule has 1 unspecified atom stereocenters. The number of carbonyl (C=O) groups excluding carboxylic acids is 2. The van der Waals surface area contributed by atoms with E-state index in [1.807, 2.05) is 44.2 Å². The molecule has 1 aliphatic heterocycles. The highest BCUT2D eigenvalue weighted by molar-refractivity contribution is 7.88. The molecule has 0 spiro atoms. The molecule has 1 N–H and O–H groups in total. The lowest BCUT2D eigenvalue weighted by atomic mass is 9.93. The van der Waals surface area contributed by atoms with Gasteiger partial charge in [0.25, 0.3) is 0 Å². The first-order valence-corrected chi connectivity index (χ1v) is 12.1. The summed E-state index contributed by atoms with van der Waals surface area (Å²) < 4.78 is 31.0. The minimum absolute atomic E-state index is 0.172. The van der Waals surface area contributed by atoms with Gasteiger partial charge in [-0.2, -0.15) is 4.31 Å². The van der Waals surface area contributed by atoms with Gasteiger partial charge in [0.15, 0.2) is 0 Å². The molecule has 1 atom stereocenters. The van der Waals surface area contributed by atoms with Crippen molar-refractivity contribution in [3.8, 4) is 5.75 Å². The zero-order valence-corrected chi connectivity index (χ0v) is 19.8. The summed E-state index contributed by atoms with van der Waals surface area (Å²) in [5.74, 6) is -0.531. The maximum Gasteiger partial charge on any atom is 0.247 e. The molecule has 1 heterocycles. The zero-order chi connectivity index (χ0) is 23.7. The first-order chi connectivity index (χ1) is 15.0. The number of nitrogens with zero attached hydrogens (tertiary/aromatic N) is 2. The molecule has 2 aromatic carbocycles. The van der Waals surface area contributed by atoms with Gasteiger partial charge in [-0.15, -0.1) is 0 Å². The molecule has 0 aromatic heterocycles. The lowest BCUT2D eigenvalue weighted by Gasteiger charge is -2.46. The maximum absolute atomic E-state index is 13.5. The Morgan fingerprint density at radius 2 is 1.75 bits per heavy atom. The number of piperazine rings is 1. The van der Waals surface area contributed by atoms with E-state index >= 15 is 0 Å². The monoisotopic (exact) mass is 459 g/mol. The fraction of sp³-hybridized carbons (Fsp3) is 0.391. The predicted molar refractivity (Wildman–Crippen MR) is 123 cm³/mol. The van der Waals surface area contributed by atoms with E-state index < -0.39 is 27.4 Å². The summed E-state index contributed by atoms with van der Waals surface area (Å²) in [7, 11) is -2.20. The van der Waals surface area contributed by atoms with Crippen LogP contribution in [0.3, 0.4) is 0 Å². The Bertz CT molecular complexity index is 1130. The third kappa shape index (κ3) is 4.78. The Labute approximate surface area is 189 Å². The number of nitrogens with one attached hydrogen (secondary N) is 1. The van der Waals surface area contributed by atoms with Crippen LogP contribution in [-0.4, -0.2) is 56.5 Å². The van der Waals surface area contributed by atoms with Crippen LogP contribution in [0.1, 0.15) is 23.6 Å². The van der Waals surface area contributed by atoms with E-state index in [0.29, 0.717) is 11.4 Å². The number of benzene rings is 2. The van der Waals surface area contributed by atoms with Gasteiger partial charge in [0.2, 0.25) is 21.8 Å². The quantitative estimate of drug-likeness (QED) is 0.713. The van der Waals surface area contributed by atoms with Crippen molar-refractivity contribution in [2.75, 3.05) is 31.4 Å². The molecule has 0 bridgehead atoms. The average Bonchev–Trinajstić information content (AvgIpc) is 2.72. The molecule has 9 heteroatoms. The van der Waals surface area contributed by atoms with Crippen molar-refractivity contribution in [1.82, 2.24) is 9.62 Å². The van der Waals surface area contributed by atoms with Crippen LogP contribution >= 0.6 is 0 Å². The number of sulfonamides is 1. The van der Waals surface area contributed by atoms with Gasteiger partial charge in [-0.05, 0) is 44.0 Å².